The lowest BCUT2D eigenvalue weighted by molar-refractivity contribution is 0.199. The fourth-order valence-electron chi connectivity index (χ4n) is 2.25. The Morgan fingerprint density at radius 2 is 2.27 bits per heavy atom. The summed E-state index contributed by atoms with van der Waals surface area (Å²) in [4.78, 5) is 0. The maximum absolute atomic E-state index is 9.18. The Hall–Kier alpha value is -1.16. The second-order valence-corrected chi connectivity index (χ2v) is 4.12. The van der Waals surface area contributed by atoms with E-state index in [1.54, 1.807) is 6.20 Å². The SMILES string of the molecule is OCC1CCCC1CNc1cccnn1. The zero-order valence-corrected chi connectivity index (χ0v) is 8.76. The molecule has 0 bridgehead atoms. The predicted octanol–water partition coefficient (Wildman–Crippen LogP) is 1.30. The van der Waals surface area contributed by atoms with E-state index >= 15 is 0 Å². The van der Waals surface area contributed by atoms with Gasteiger partial charge < -0.3 is 10.4 Å². The van der Waals surface area contributed by atoms with Crippen molar-refractivity contribution in [1.29, 1.82) is 0 Å². The highest BCUT2D eigenvalue weighted by Crippen LogP contribution is 2.31. The fraction of sp³-hybridized carbons (Fsp3) is 0.636. The maximum atomic E-state index is 9.18. The molecule has 1 aliphatic rings. The van der Waals surface area contributed by atoms with Gasteiger partial charge in [-0.25, -0.2) is 0 Å². The number of hydrogen-bond acceptors (Lipinski definition) is 4. The Labute approximate surface area is 89.7 Å². The van der Waals surface area contributed by atoms with Crippen LogP contribution in [0.5, 0.6) is 0 Å². The second kappa shape index (κ2) is 5.07. The lowest BCUT2D eigenvalue weighted by Crippen LogP contribution is -2.21. The van der Waals surface area contributed by atoms with Crippen LogP contribution in [0.1, 0.15) is 19.3 Å². The first-order valence-electron chi connectivity index (χ1n) is 5.52. The van der Waals surface area contributed by atoms with Gasteiger partial charge in [0.2, 0.25) is 0 Å². The first-order valence-corrected chi connectivity index (χ1v) is 5.52. The van der Waals surface area contributed by atoms with Crippen LogP contribution in [0.25, 0.3) is 0 Å². The van der Waals surface area contributed by atoms with Crippen molar-refractivity contribution < 1.29 is 5.11 Å². The normalized spacial score (nSPS) is 25.4. The molecule has 4 nitrogen and oxygen atoms in total. The number of nitrogens with zero attached hydrogens (tertiary/aromatic N) is 2. The molecule has 15 heavy (non-hydrogen) atoms. The average molecular weight is 207 g/mol. The number of aliphatic hydroxyl groups is 1. The molecule has 2 N–H and O–H groups in total. The minimum Gasteiger partial charge on any atom is -0.396 e. The van der Waals surface area contributed by atoms with Gasteiger partial charge in [0.1, 0.15) is 5.82 Å². The van der Waals surface area contributed by atoms with Crippen molar-refractivity contribution in [2.75, 3.05) is 18.5 Å². The van der Waals surface area contributed by atoms with E-state index in [9.17, 15) is 5.11 Å². The highest BCUT2D eigenvalue weighted by molar-refractivity contribution is 5.31. The van der Waals surface area contributed by atoms with Gasteiger partial charge in [-0.1, -0.05) is 6.42 Å². The molecule has 0 amide bonds. The Bertz CT molecular complexity index is 291. The van der Waals surface area contributed by atoms with Gasteiger partial charge in [-0.05, 0) is 36.8 Å². The molecule has 82 valence electrons. The van der Waals surface area contributed by atoms with Gasteiger partial charge >= 0.3 is 0 Å². The molecule has 4 heteroatoms. The predicted molar refractivity (Wildman–Crippen MR) is 58.4 cm³/mol. The standard InChI is InChI=1S/C11H17N3O/c15-8-10-4-1-3-9(10)7-12-11-5-2-6-13-14-11/h2,5-6,9-10,15H,1,3-4,7-8H2,(H,12,14). The van der Waals surface area contributed by atoms with Gasteiger partial charge in [-0.15, -0.1) is 5.10 Å². The van der Waals surface area contributed by atoms with Crippen LogP contribution in [-0.2, 0) is 0 Å². The number of hydrogen-bond donors (Lipinski definition) is 2. The lowest BCUT2D eigenvalue weighted by atomic mass is 9.97. The summed E-state index contributed by atoms with van der Waals surface area (Å²) < 4.78 is 0. The number of aliphatic hydroxyl groups excluding tert-OH is 1. The quantitative estimate of drug-likeness (QED) is 0.781. The number of anilines is 1. The smallest absolute Gasteiger partial charge is 0.148 e. The van der Waals surface area contributed by atoms with E-state index in [1.165, 1.54) is 12.8 Å². The topological polar surface area (TPSA) is 58.0 Å². The molecule has 1 aliphatic carbocycles. The fourth-order valence-corrected chi connectivity index (χ4v) is 2.25. The van der Waals surface area contributed by atoms with Crippen LogP contribution in [0, 0.1) is 11.8 Å². The van der Waals surface area contributed by atoms with Gasteiger partial charge in [-0.2, -0.15) is 5.10 Å². The molecule has 0 aromatic carbocycles. The molecular weight excluding hydrogens is 190 g/mol. The molecule has 2 unspecified atom stereocenters. The van der Waals surface area contributed by atoms with E-state index in [0.717, 1.165) is 18.8 Å². The Morgan fingerprint density at radius 3 is 3.00 bits per heavy atom. The maximum Gasteiger partial charge on any atom is 0.148 e. The molecule has 2 atom stereocenters. The Balaban J connectivity index is 1.83. The summed E-state index contributed by atoms with van der Waals surface area (Å²) in [5.74, 6) is 1.87. The van der Waals surface area contributed by atoms with Gasteiger partial charge in [0.15, 0.2) is 0 Å². The molecule has 1 fully saturated rings. The summed E-state index contributed by atoms with van der Waals surface area (Å²) in [7, 11) is 0. The lowest BCUT2D eigenvalue weighted by Gasteiger charge is -2.17. The van der Waals surface area contributed by atoms with Crippen molar-refractivity contribution in [1.82, 2.24) is 10.2 Å². The van der Waals surface area contributed by atoms with Gasteiger partial charge in [0, 0.05) is 19.3 Å². The van der Waals surface area contributed by atoms with E-state index in [0.29, 0.717) is 18.4 Å². The van der Waals surface area contributed by atoms with Gasteiger partial charge in [0.05, 0.1) is 0 Å². The van der Waals surface area contributed by atoms with Crippen molar-refractivity contribution in [2.24, 2.45) is 11.8 Å². The van der Waals surface area contributed by atoms with Crippen molar-refractivity contribution >= 4 is 5.82 Å². The largest absolute Gasteiger partial charge is 0.396 e. The Kier molecular flexibility index (Phi) is 3.50. The molecule has 1 aromatic rings. The summed E-state index contributed by atoms with van der Waals surface area (Å²) in [6.07, 6.45) is 5.26. The number of rotatable bonds is 4. The monoisotopic (exact) mass is 207 g/mol. The summed E-state index contributed by atoms with van der Waals surface area (Å²) in [6.45, 7) is 1.21. The molecule has 1 saturated carbocycles. The number of aromatic nitrogens is 2. The molecule has 2 rings (SSSR count). The molecular formula is C11H17N3O. The first-order chi connectivity index (χ1) is 7.40. The average Bonchev–Trinajstić information content (AvgIpc) is 2.75. The third-order valence-electron chi connectivity index (χ3n) is 3.17. The highest BCUT2D eigenvalue weighted by atomic mass is 16.3. The minimum atomic E-state index is 0.312. The van der Waals surface area contributed by atoms with Crippen LogP contribution < -0.4 is 5.32 Å². The highest BCUT2D eigenvalue weighted by Gasteiger charge is 2.26. The van der Waals surface area contributed by atoms with Crippen LogP contribution in [0.3, 0.4) is 0 Å². The molecule has 0 saturated heterocycles. The van der Waals surface area contributed by atoms with Crippen molar-refractivity contribution in [3.05, 3.63) is 18.3 Å². The van der Waals surface area contributed by atoms with Crippen molar-refractivity contribution in [3.8, 4) is 0 Å². The van der Waals surface area contributed by atoms with E-state index in [1.807, 2.05) is 12.1 Å². The zero-order valence-electron chi connectivity index (χ0n) is 8.76. The summed E-state index contributed by atoms with van der Waals surface area (Å²) in [5, 5.41) is 20.2. The second-order valence-electron chi connectivity index (χ2n) is 4.12. The van der Waals surface area contributed by atoms with Crippen LogP contribution in [0.4, 0.5) is 5.82 Å². The molecule has 0 spiro atoms. The molecule has 1 aromatic heterocycles. The zero-order chi connectivity index (χ0) is 10.5. The number of nitrogens with one attached hydrogen (secondary N) is 1. The third kappa shape index (κ3) is 2.65. The van der Waals surface area contributed by atoms with E-state index in [4.69, 9.17) is 0 Å². The van der Waals surface area contributed by atoms with E-state index < -0.39 is 0 Å². The summed E-state index contributed by atoms with van der Waals surface area (Å²) in [5.41, 5.74) is 0. The summed E-state index contributed by atoms with van der Waals surface area (Å²) in [6, 6.07) is 3.78. The summed E-state index contributed by atoms with van der Waals surface area (Å²) >= 11 is 0. The van der Waals surface area contributed by atoms with E-state index in [-0.39, 0.29) is 0 Å². The molecule has 0 aliphatic heterocycles. The van der Waals surface area contributed by atoms with Crippen LogP contribution in [0.2, 0.25) is 0 Å². The molecule has 1 heterocycles. The molecule has 0 radical (unpaired) electrons. The Morgan fingerprint density at radius 1 is 1.40 bits per heavy atom. The third-order valence-corrected chi connectivity index (χ3v) is 3.17. The van der Waals surface area contributed by atoms with Crippen LogP contribution in [0.15, 0.2) is 18.3 Å². The van der Waals surface area contributed by atoms with Crippen molar-refractivity contribution in [2.45, 2.75) is 19.3 Å². The minimum absolute atomic E-state index is 0.312. The van der Waals surface area contributed by atoms with Gasteiger partial charge in [-0.3, -0.25) is 0 Å². The van der Waals surface area contributed by atoms with Crippen molar-refractivity contribution in [3.63, 3.8) is 0 Å². The van der Waals surface area contributed by atoms with Crippen LogP contribution >= 0.6 is 0 Å². The van der Waals surface area contributed by atoms with Crippen LogP contribution in [-0.4, -0.2) is 28.5 Å². The van der Waals surface area contributed by atoms with Gasteiger partial charge in [0.25, 0.3) is 0 Å². The first kappa shape index (κ1) is 10.4. The van der Waals surface area contributed by atoms with E-state index in [2.05, 4.69) is 15.5 Å².